The van der Waals surface area contributed by atoms with Crippen LogP contribution in [0.1, 0.15) is 38.3 Å². The molecule has 2 atom stereocenters. The maximum absolute atomic E-state index is 13.5. The number of carbonyl (C=O) groups is 2. The van der Waals surface area contributed by atoms with Crippen LogP contribution in [0.2, 0.25) is 5.02 Å². The lowest BCUT2D eigenvalue weighted by Gasteiger charge is -2.32. The Hall–Kier alpha value is -2.10. The molecular weight excluding hydrogens is 542 g/mol. The lowest BCUT2D eigenvalue weighted by molar-refractivity contribution is -0.139. The van der Waals surface area contributed by atoms with Crippen LogP contribution in [0.5, 0.6) is 0 Å². The molecule has 2 unspecified atom stereocenters. The van der Waals surface area contributed by atoms with Gasteiger partial charge in [-0.05, 0) is 62.6 Å². The van der Waals surface area contributed by atoms with Crippen LogP contribution in [-0.4, -0.2) is 50.0 Å². The molecule has 2 aromatic rings. The van der Waals surface area contributed by atoms with Crippen molar-refractivity contribution in [1.82, 2.24) is 10.2 Å². The number of nitrogens with one attached hydrogen (secondary N) is 1. The Morgan fingerprint density at radius 1 is 1.15 bits per heavy atom. The summed E-state index contributed by atoms with van der Waals surface area (Å²) >= 11 is 9.63. The Morgan fingerprint density at radius 3 is 2.38 bits per heavy atom. The van der Waals surface area contributed by atoms with Crippen molar-refractivity contribution in [3.8, 4) is 0 Å². The zero-order chi connectivity index (χ0) is 25.6. The molecular formula is C24H31BrClN3O4S. The van der Waals surface area contributed by atoms with Gasteiger partial charge in [-0.2, -0.15) is 0 Å². The predicted octanol–water partition coefficient (Wildman–Crippen LogP) is 4.51. The van der Waals surface area contributed by atoms with Gasteiger partial charge in [-0.3, -0.25) is 13.9 Å². The van der Waals surface area contributed by atoms with Crippen molar-refractivity contribution < 1.29 is 18.0 Å². The first kappa shape index (κ1) is 28.1. The molecule has 0 aromatic heterocycles. The predicted molar refractivity (Wildman–Crippen MR) is 140 cm³/mol. The van der Waals surface area contributed by atoms with Crippen LogP contribution >= 0.6 is 27.5 Å². The number of sulfonamides is 1. The maximum Gasteiger partial charge on any atom is 0.244 e. The third-order valence-electron chi connectivity index (χ3n) is 5.53. The minimum absolute atomic E-state index is 0.0556. The van der Waals surface area contributed by atoms with Gasteiger partial charge in [-0.25, -0.2) is 8.42 Å². The summed E-state index contributed by atoms with van der Waals surface area (Å²) in [6.07, 6.45) is 1.78. The van der Waals surface area contributed by atoms with E-state index in [9.17, 15) is 18.0 Å². The van der Waals surface area contributed by atoms with Gasteiger partial charge in [-0.1, -0.05) is 52.7 Å². The topological polar surface area (TPSA) is 86.8 Å². The standard InChI is InChI=1S/C24H31BrClN3O4S/c1-6-17(3)27-24(31)18(4)28(14-19-8-7-9-20(25)12-19)23(30)15-29(34(5,32)33)21-11-10-16(2)22(26)13-21/h7-13,17-18H,6,14-15H2,1-5H3,(H,27,31). The van der Waals surface area contributed by atoms with Gasteiger partial charge >= 0.3 is 0 Å². The molecule has 2 amide bonds. The number of hydrogen-bond donors (Lipinski definition) is 1. The number of nitrogens with zero attached hydrogens (tertiary/aromatic N) is 2. The van der Waals surface area contributed by atoms with Crippen molar-refractivity contribution in [1.29, 1.82) is 0 Å². The molecule has 2 rings (SSSR count). The SMILES string of the molecule is CCC(C)NC(=O)C(C)N(Cc1cccc(Br)c1)C(=O)CN(c1ccc(C)c(Cl)c1)S(C)(=O)=O. The van der Waals surface area contributed by atoms with Crippen molar-refractivity contribution in [3.05, 3.63) is 63.1 Å². The van der Waals surface area contributed by atoms with E-state index in [1.165, 1.54) is 11.0 Å². The highest BCUT2D eigenvalue weighted by Gasteiger charge is 2.30. The zero-order valence-corrected chi connectivity index (χ0v) is 23.2. The second kappa shape index (κ2) is 12.0. The van der Waals surface area contributed by atoms with Crippen LogP contribution < -0.4 is 9.62 Å². The molecule has 0 aliphatic rings. The van der Waals surface area contributed by atoms with E-state index in [1.54, 1.807) is 26.0 Å². The van der Waals surface area contributed by atoms with E-state index in [-0.39, 0.29) is 24.2 Å². The number of rotatable bonds is 10. The maximum atomic E-state index is 13.5. The van der Waals surface area contributed by atoms with Crippen LogP contribution in [0, 0.1) is 6.92 Å². The number of amides is 2. The number of halogens is 2. The second-order valence-corrected chi connectivity index (χ2v) is 11.6. The first-order chi connectivity index (χ1) is 15.8. The fourth-order valence-corrected chi connectivity index (χ4v) is 4.69. The molecule has 34 heavy (non-hydrogen) atoms. The largest absolute Gasteiger partial charge is 0.352 e. The molecule has 0 aliphatic carbocycles. The van der Waals surface area contributed by atoms with Crippen molar-refractivity contribution in [2.24, 2.45) is 0 Å². The third-order valence-corrected chi connectivity index (χ3v) is 7.57. The normalized spacial score (nSPS) is 13.1. The lowest BCUT2D eigenvalue weighted by Crippen LogP contribution is -2.52. The number of aryl methyl sites for hydroxylation is 1. The second-order valence-electron chi connectivity index (χ2n) is 8.35. The van der Waals surface area contributed by atoms with Crippen LogP contribution in [-0.2, 0) is 26.2 Å². The summed E-state index contributed by atoms with van der Waals surface area (Å²) in [6, 6.07) is 11.3. The number of anilines is 1. The summed E-state index contributed by atoms with van der Waals surface area (Å²) in [5.74, 6) is -0.809. The molecule has 0 radical (unpaired) electrons. The van der Waals surface area contributed by atoms with E-state index in [1.807, 2.05) is 38.1 Å². The van der Waals surface area contributed by atoms with Crippen molar-refractivity contribution >= 4 is 55.1 Å². The Morgan fingerprint density at radius 2 is 1.82 bits per heavy atom. The molecule has 0 fully saturated rings. The Kier molecular flexibility index (Phi) is 9.96. The summed E-state index contributed by atoms with van der Waals surface area (Å²) < 4.78 is 27.0. The van der Waals surface area contributed by atoms with Gasteiger partial charge in [-0.15, -0.1) is 0 Å². The van der Waals surface area contributed by atoms with Gasteiger partial charge in [0.15, 0.2) is 0 Å². The summed E-state index contributed by atoms with van der Waals surface area (Å²) in [5.41, 5.74) is 1.87. The van der Waals surface area contributed by atoms with Crippen molar-refractivity contribution in [3.63, 3.8) is 0 Å². The molecule has 0 saturated carbocycles. The molecule has 0 aliphatic heterocycles. The number of benzene rings is 2. The smallest absolute Gasteiger partial charge is 0.244 e. The minimum Gasteiger partial charge on any atom is -0.352 e. The quantitative estimate of drug-likeness (QED) is 0.454. The van der Waals surface area contributed by atoms with Crippen LogP contribution in [0.3, 0.4) is 0 Å². The molecule has 1 N–H and O–H groups in total. The van der Waals surface area contributed by atoms with E-state index >= 15 is 0 Å². The van der Waals surface area contributed by atoms with Crippen molar-refractivity contribution in [2.45, 2.75) is 52.7 Å². The van der Waals surface area contributed by atoms with Crippen LogP contribution in [0.4, 0.5) is 5.69 Å². The van der Waals surface area contributed by atoms with E-state index in [0.717, 1.165) is 32.6 Å². The van der Waals surface area contributed by atoms with Crippen molar-refractivity contribution in [2.75, 3.05) is 17.1 Å². The van der Waals surface area contributed by atoms with Gasteiger partial charge in [0.25, 0.3) is 0 Å². The summed E-state index contributed by atoms with van der Waals surface area (Å²) in [5, 5.41) is 3.29. The molecule has 0 spiro atoms. The van der Waals surface area contributed by atoms with E-state index in [4.69, 9.17) is 11.6 Å². The molecule has 0 bridgehead atoms. The Balaban J connectivity index is 2.41. The average Bonchev–Trinajstić information content (AvgIpc) is 2.76. The molecule has 7 nitrogen and oxygen atoms in total. The molecule has 2 aromatic carbocycles. The van der Waals surface area contributed by atoms with Gasteiger partial charge in [0.2, 0.25) is 21.8 Å². The van der Waals surface area contributed by atoms with Gasteiger partial charge in [0.05, 0.1) is 11.9 Å². The van der Waals surface area contributed by atoms with Gasteiger partial charge in [0, 0.05) is 22.1 Å². The highest BCUT2D eigenvalue weighted by atomic mass is 79.9. The van der Waals surface area contributed by atoms with E-state index in [2.05, 4.69) is 21.2 Å². The third kappa shape index (κ3) is 7.71. The van der Waals surface area contributed by atoms with E-state index < -0.39 is 28.5 Å². The zero-order valence-electron chi connectivity index (χ0n) is 20.0. The number of carbonyl (C=O) groups excluding carboxylic acids is 2. The van der Waals surface area contributed by atoms with Gasteiger partial charge < -0.3 is 10.2 Å². The molecule has 0 heterocycles. The molecule has 186 valence electrons. The monoisotopic (exact) mass is 571 g/mol. The first-order valence-corrected chi connectivity index (χ1v) is 13.9. The minimum atomic E-state index is -3.81. The van der Waals surface area contributed by atoms with Crippen LogP contribution in [0.15, 0.2) is 46.9 Å². The summed E-state index contributed by atoms with van der Waals surface area (Å²) in [6.45, 7) is 6.96. The fourth-order valence-electron chi connectivity index (χ4n) is 3.23. The fraction of sp³-hybridized carbons (Fsp3) is 0.417. The summed E-state index contributed by atoms with van der Waals surface area (Å²) in [4.78, 5) is 27.8. The van der Waals surface area contributed by atoms with E-state index in [0.29, 0.717) is 5.02 Å². The Labute approximate surface area is 215 Å². The highest BCUT2D eigenvalue weighted by molar-refractivity contribution is 9.10. The van der Waals surface area contributed by atoms with Crippen LogP contribution in [0.25, 0.3) is 0 Å². The molecule has 10 heteroatoms. The average molecular weight is 573 g/mol. The number of hydrogen-bond acceptors (Lipinski definition) is 4. The highest BCUT2D eigenvalue weighted by Crippen LogP contribution is 2.25. The van der Waals surface area contributed by atoms with Gasteiger partial charge in [0.1, 0.15) is 12.6 Å². The first-order valence-electron chi connectivity index (χ1n) is 10.9. The molecule has 0 saturated heterocycles. The summed E-state index contributed by atoms with van der Waals surface area (Å²) in [7, 11) is -3.81. The Bertz CT molecular complexity index is 1140. The lowest BCUT2D eigenvalue weighted by atomic mass is 10.1.